The van der Waals surface area contributed by atoms with Crippen LogP contribution < -0.4 is 16.6 Å². The number of H-pyrrole nitrogens is 1. The number of nitrogens with one attached hydrogen (secondary N) is 2. The van der Waals surface area contributed by atoms with Crippen LogP contribution in [0.2, 0.25) is 0 Å². The van der Waals surface area contributed by atoms with E-state index in [1.54, 1.807) is 44.2 Å². The number of rotatable bonds is 3. The van der Waals surface area contributed by atoms with Crippen molar-refractivity contribution < 1.29 is 13.6 Å². The molecular weight excluding hydrogens is 353 g/mol. The largest absolute Gasteiger partial charge is 0.444 e. The molecule has 2 heterocycles. The molecule has 3 aromatic rings. The van der Waals surface area contributed by atoms with E-state index < -0.39 is 28.9 Å². The average molecular weight is 371 g/mol. The Bertz CT molecular complexity index is 1150. The lowest BCUT2D eigenvalue weighted by molar-refractivity contribution is 0.0627. The third-order valence-electron chi connectivity index (χ3n) is 4.93. The van der Waals surface area contributed by atoms with Gasteiger partial charge in [0.25, 0.3) is 11.5 Å². The molecule has 140 valence electrons. The first kappa shape index (κ1) is 17.3. The van der Waals surface area contributed by atoms with Crippen LogP contribution in [0, 0.1) is 6.92 Å². The van der Waals surface area contributed by atoms with Crippen LogP contribution in [0.4, 0.5) is 4.39 Å². The van der Waals surface area contributed by atoms with Crippen LogP contribution >= 0.6 is 0 Å². The Morgan fingerprint density at radius 2 is 1.96 bits per heavy atom. The number of aryl methyl sites for hydroxylation is 1. The Hall–Kier alpha value is -3.16. The maximum Gasteiger partial charge on any atom is 0.335 e. The van der Waals surface area contributed by atoms with Gasteiger partial charge in [0.05, 0.1) is 11.3 Å². The van der Waals surface area contributed by atoms with E-state index in [9.17, 15) is 18.8 Å². The Labute approximate surface area is 152 Å². The van der Waals surface area contributed by atoms with Gasteiger partial charge in [-0.25, -0.2) is 13.8 Å². The van der Waals surface area contributed by atoms with Crippen LogP contribution in [0.25, 0.3) is 16.8 Å². The van der Waals surface area contributed by atoms with Crippen molar-refractivity contribution in [1.29, 1.82) is 0 Å². The highest BCUT2D eigenvalue weighted by Gasteiger charge is 2.42. The van der Waals surface area contributed by atoms with Gasteiger partial charge in [-0.2, -0.15) is 0 Å². The van der Waals surface area contributed by atoms with Crippen molar-refractivity contribution >= 4 is 17.0 Å². The second kappa shape index (κ2) is 5.94. The summed E-state index contributed by atoms with van der Waals surface area (Å²) in [5.41, 5.74) is -1.59. The lowest BCUT2D eigenvalue weighted by Gasteiger charge is -2.41. The van der Waals surface area contributed by atoms with Gasteiger partial charge in [-0.05, 0) is 26.0 Å². The monoisotopic (exact) mass is 371 g/mol. The predicted molar refractivity (Wildman–Crippen MR) is 97.2 cm³/mol. The molecule has 1 amide bonds. The number of aromatic amines is 1. The number of halogens is 1. The molecule has 0 unspecified atom stereocenters. The predicted octanol–water partition coefficient (Wildman–Crippen LogP) is 2.20. The van der Waals surface area contributed by atoms with Gasteiger partial charge in [0.1, 0.15) is 17.3 Å². The maximum atomic E-state index is 13.2. The van der Waals surface area contributed by atoms with Crippen LogP contribution in [-0.2, 0) is 0 Å². The topological polar surface area (TPSA) is 97.1 Å². The van der Waals surface area contributed by atoms with Gasteiger partial charge in [-0.15, -0.1) is 0 Å². The summed E-state index contributed by atoms with van der Waals surface area (Å²) in [6.07, 6.45) is -0.499. The van der Waals surface area contributed by atoms with Crippen LogP contribution in [0.15, 0.2) is 44.3 Å². The number of benzene rings is 1. The van der Waals surface area contributed by atoms with Crippen LogP contribution in [0.1, 0.15) is 35.9 Å². The fraction of sp³-hybridized carbons (Fsp3) is 0.316. The van der Waals surface area contributed by atoms with Crippen molar-refractivity contribution in [3.8, 4) is 5.69 Å². The number of aromatic nitrogens is 2. The Morgan fingerprint density at radius 1 is 1.30 bits per heavy atom. The number of para-hydroxylation sites is 1. The Morgan fingerprint density at radius 3 is 2.59 bits per heavy atom. The summed E-state index contributed by atoms with van der Waals surface area (Å²) in [6.45, 7) is 3.29. The SMILES string of the molecule is Cc1oc2[nH]c(=O)n(-c3ccccc3)c(=O)c2c1C(=O)NC1(C)CC(F)C1. The van der Waals surface area contributed by atoms with Gasteiger partial charge in [0.2, 0.25) is 5.71 Å². The number of furan rings is 1. The molecule has 8 heteroatoms. The molecule has 1 saturated carbocycles. The van der Waals surface area contributed by atoms with Crippen molar-refractivity contribution in [3.05, 3.63) is 62.5 Å². The molecule has 7 nitrogen and oxygen atoms in total. The van der Waals surface area contributed by atoms with Crippen molar-refractivity contribution in [2.45, 2.75) is 38.4 Å². The normalized spacial score (nSPS) is 21.8. The van der Waals surface area contributed by atoms with Gasteiger partial charge >= 0.3 is 5.69 Å². The maximum absolute atomic E-state index is 13.2. The molecule has 1 aliphatic rings. The fourth-order valence-corrected chi connectivity index (χ4v) is 3.64. The first-order valence-corrected chi connectivity index (χ1v) is 8.59. The summed E-state index contributed by atoms with van der Waals surface area (Å²) >= 11 is 0. The van der Waals surface area contributed by atoms with Crippen LogP contribution in [-0.4, -0.2) is 27.2 Å². The zero-order valence-electron chi connectivity index (χ0n) is 14.8. The number of hydrogen-bond donors (Lipinski definition) is 2. The molecule has 0 atom stereocenters. The van der Waals surface area contributed by atoms with E-state index in [2.05, 4.69) is 10.3 Å². The second-order valence-corrected chi connectivity index (χ2v) is 7.16. The molecule has 0 saturated heterocycles. The molecule has 1 aliphatic carbocycles. The quantitative estimate of drug-likeness (QED) is 0.738. The van der Waals surface area contributed by atoms with E-state index >= 15 is 0 Å². The van der Waals surface area contributed by atoms with Crippen LogP contribution in [0.5, 0.6) is 0 Å². The summed E-state index contributed by atoms with van der Waals surface area (Å²) in [5, 5.41) is 2.77. The van der Waals surface area contributed by atoms with Gasteiger partial charge in [0.15, 0.2) is 0 Å². The summed E-state index contributed by atoms with van der Waals surface area (Å²) in [7, 11) is 0. The van der Waals surface area contributed by atoms with Gasteiger partial charge in [0, 0.05) is 18.4 Å². The molecular formula is C19H18FN3O4. The van der Waals surface area contributed by atoms with E-state index in [0.29, 0.717) is 5.69 Å². The molecule has 0 spiro atoms. The molecule has 2 N–H and O–H groups in total. The van der Waals surface area contributed by atoms with Gasteiger partial charge < -0.3 is 9.73 Å². The number of carbonyl (C=O) groups is 1. The molecule has 4 rings (SSSR count). The zero-order valence-corrected chi connectivity index (χ0v) is 14.8. The highest BCUT2D eigenvalue weighted by Crippen LogP contribution is 2.35. The summed E-state index contributed by atoms with van der Waals surface area (Å²) in [6, 6.07) is 8.40. The van der Waals surface area contributed by atoms with Crippen molar-refractivity contribution in [1.82, 2.24) is 14.9 Å². The van der Waals surface area contributed by atoms with Gasteiger partial charge in [-0.1, -0.05) is 18.2 Å². The molecule has 2 aromatic heterocycles. The first-order chi connectivity index (χ1) is 12.8. The van der Waals surface area contributed by atoms with Crippen molar-refractivity contribution in [3.63, 3.8) is 0 Å². The number of alkyl halides is 1. The Balaban J connectivity index is 1.87. The minimum Gasteiger partial charge on any atom is -0.444 e. The number of carbonyl (C=O) groups excluding carboxylic acids is 1. The van der Waals surface area contributed by atoms with E-state index in [4.69, 9.17) is 4.42 Å². The lowest BCUT2D eigenvalue weighted by atomic mass is 9.76. The molecule has 0 aliphatic heterocycles. The van der Waals surface area contributed by atoms with Crippen LogP contribution in [0.3, 0.4) is 0 Å². The van der Waals surface area contributed by atoms with E-state index in [1.165, 1.54) is 0 Å². The highest BCUT2D eigenvalue weighted by molar-refractivity contribution is 6.06. The van der Waals surface area contributed by atoms with E-state index in [-0.39, 0.29) is 35.3 Å². The second-order valence-electron chi connectivity index (χ2n) is 7.16. The Kier molecular flexibility index (Phi) is 3.80. The smallest absolute Gasteiger partial charge is 0.335 e. The summed E-state index contributed by atoms with van der Waals surface area (Å²) in [5.74, 6) is -0.315. The summed E-state index contributed by atoms with van der Waals surface area (Å²) < 4.78 is 19.6. The van der Waals surface area contributed by atoms with Gasteiger partial charge in [-0.3, -0.25) is 14.6 Å². The van der Waals surface area contributed by atoms with Crippen molar-refractivity contribution in [2.24, 2.45) is 0 Å². The standard InChI is InChI=1S/C19H18FN3O4/c1-10-13(15(24)22-19(2)8-11(20)9-19)14-16(27-10)21-18(26)23(17(14)25)12-6-4-3-5-7-12/h3-7,11H,8-9H2,1-2H3,(H,21,26)(H,22,24). The van der Waals surface area contributed by atoms with E-state index in [1.807, 2.05) is 0 Å². The first-order valence-electron chi connectivity index (χ1n) is 8.59. The van der Waals surface area contributed by atoms with E-state index in [0.717, 1.165) is 4.57 Å². The number of amides is 1. The molecule has 0 radical (unpaired) electrons. The molecule has 1 fully saturated rings. The minimum absolute atomic E-state index is 0.00632. The van der Waals surface area contributed by atoms with Crippen molar-refractivity contribution in [2.75, 3.05) is 0 Å². The number of hydrogen-bond acceptors (Lipinski definition) is 4. The minimum atomic E-state index is -0.941. The summed E-state index contributed by atoms with van der Waals surface area (Å²) in [4.78, 5) is 40.7. The molecule has 27 heavy (non-hydrogen) atoms. The number of nitrogens with zero attached hydrogens (tertiary/aromatic N) is 1. The zero-order chi connectivity index (χ0) is 19.3. The third kappa shape index (κ3) is 2.77. The fourth-order valence-electron chi connectivity index (χ4n) is 3.64. The molecule has 1 aromatic carbocycles. The number of fused-ring (bicyclic) bond motifs is 1. The highest BCUT2D eigenvalue weighted by atomic mass is 19.1. The average Bonchev–Trinajstić information content (AvgIpc) is 2.90. The third-order valence-corrected chi connectivity index (χ3v) is 4.93. The molecule has 0 bridgehead atoms. The lowest BCUT2D eigenvalue weighted by Crippen LogP contribution is -2.56.